The van der Waals surface area contributed by atoms with Gasteiger partial charge in [0.25, 0.3) is 5.91 Å². The second-order valence-electron chi connectivity index (χ2n) is 4.69. The van der Waals surface area contributed by atoms with Crippen LogP contribution < -0.4 is 10.5 Å². The van der Waals surface area contributed by atoms with Gasteiger partial charge in [0.2, 0.25) is 0 Å². The SMILES string of the molecule is COc1ccc2c(ccn2C(=O)c2cc(N)cn2C)c1. The molecule has 0 radical (unpaired) electrons. The maximum absolute atomic E-state index is 12.6. The van der Waals surface area contributed by atoms with E-state index in [9.17, 15) is 4.79 Å². The predicted molar refractivity (Wildman–Crippen MR) is 78.0 cm³/mol. The van der Waals surface area contributed by atoms with Crippen molar-refractivity contribution in [3.63, 3.8) is 0 Å². The van der Waals surface area contributed by atoms with Gasteiger partial charge in [0.1, 0.15) is 11.4 Å². The summed E-state index contributed by atoms with van der Waals surface area (Å²) in [5.41, 5.74) is 7.69. The summed E-state index contributed by atoms with van der Waals surface area (Å²) in [7, 11) is 3.42. The second-order valence-corrected chi connectivity index (χ2v) is 4.69. The number of rotatable bonds is 2. The van der Waals surface area contributed by atoms with Crippen LogP contribution in [0.5, 0.6) is 5.75 Å². The number of aryl methyl sites for hydroxylation is 1. The first-order valence-corrected chi connectivity index (χ1v) is 6.22. The second kappa shape index (κ2) is 4.45. The van der Waals surface area contributed by atoms with Crippen LogP contribution in [0.2, 0.25) is 0 Å². The van der Waals surface area contributed by atoms with E-state index in [1.807, 2.05) is 24.3 Å². The minimum atomic E-state index is -0.107. The first-order valence-electron chi connectivity index (χ1n) is 6.22. The van der Waals surface area contributed by atoms with Crippen molar-refractivity contribution < 1.29 is 9.53 Å². The van der Waals surface area contributed by atoms with Gasteiger partial charge in [-0.05, 0) is 30.3 Å². The fourth-order valence-electron chi connectivity index (χ4n) is 2.35. The number of hydrogen-bond acceptors (Lipinski definition) is 3. The predicted octanol–water partition coefficient (Wildman–Crippen LogP) is 2.26. The molecule has 3 aromatic rings. The highest BCUT2D eigenvalue weighted by Crippen LogP contribution is 2.23. The first-order chi connectivity index (χ1) is 9.60. The average molecular weight is 269 g/mol. The Labute approximate surface area is 116 Å². The van der Waals surface area contributed by atoms with Gasteiger partial charge in [-0.1, -0.05) is 0 Å². The Morgan fingerprint density at radius 2 is 2.05 bits per heavy atom. The number of carbonyl (C=O) groups is 1. The Bertz CT molecular complexity index is 799. The zero-order valence-electron chi connectivity index (χ0n) is 11.3. The van der Waals surface area contributed by atoms with E-state index in [4.69, 9.17) is 10.5 Å². The van der Waals surface area contributed by atoms with Crippen LogP contribution in [0.15, 0.2) is 42.7 Å². The van der Waals surface area contributed by atoms with Crippen LogP contribution in [0.25, 0.3) is 10.9 Å². The van der Waals surface area contributed by atoms with E-state index in [2.05, 4.69) is 0 Å². The summed E-state index contributed by atoms with van der Waals surface area (Å²) in [4.78, 5) is 12.6. The molecule has 2 N–H and O–H groups in total. The lowest BCUT2D eigenvalue weighted by atomic mass is 10.2. The first kappa shape index (κ1) is 12.3. The normalized spacial score (nSPS) is 10.9. The largest absolute Gasteiger partial charge is 0.497 e. The molecule has 0 unspecified atom stereocenters. The molecule has 2 aromatic heterocycles. The van der Waals surface area contributed by atoms with Crippen LogP contribution in [0, 0.1) is 0 Å². The zero-order chi connectivity index (χ0) is 14.3. The van der Waals surface area contributed by atoms with Crippen LogP contribution in [0.4, 0.5) is 5.69 Å². The highest BCUT2D eigenvalue weighted by molar-refractivity contribution is 6.01. The highest BCUT2D eigenvalue weighted by atomic mass is 16.5. The van der Waals surface area contributed by atoms with E-state index >= 15 is 0 Å². The van der Waals surface area contributed by atoms with Gasteiger partial charge < -0.3 is 15.0 Å². The molecule has 102 valence electrons. The van der Waals surface area contributed by atoms with E-state index in [-0.39, 0.29) is 5.91 Å². The van der Waals surface area contributed by atoms with Crippen molar-refractivity contribution in [2.75, 3.05) is 12.8 Å². The average Bonchev–Trinajstić information content (AvgIpc) is 3.00. The molecule has 1 aromatic carbocycles. The van der Waals surface area contributed by atoms with Crippen LogP contribution in [0.3, 0.4) is 0 Å². The summed E-state index contributed by atoms with van der Waals surface area (Å²) in [5.74, 6) is 0.662. The molecule has 0 amide bonds. The topological polar surface area (TPSA) is 62.2 Å². The van der Waals surface area contributed by atoms with Crippen molar-refractivity contribution in [1.82, 2.24) is 9.13 Å². The van der Waals surface area contributed by atoms with Gasteiger partial charge in [0.05, 0.1) is 18.3 Å². The number of methoxy groups -OCH3 is 1. The van der Waals surface area contributed by atoms with E-state index in [0.29, 0.717) is 11.4 Å². The molecule has 5 nitrogen and oxygen atoms in total. The van der Waals surface area contributed by atoms with Gasteiger partial charge in [0.15, 0.2) is 0 Å². The molecule has 0 aliphatic heterocycles. The maximum Gasteiger partial charge on any atom is 0.279 e. The van der Waals surface area contributed by atoms with Crippen LogP contribution in [0.1, 0.15) is 10.5 Å². The molecule has 0 aliphatic rings. The van der Waals surface area contributed by atoms with Crippen molar-refractivity contribution in [1.29, 1.82) is 0 Å². The summed E-state index contributed by atoms with van der Waals surface area (Å²) in [5, 5.41) is 0.958. The smallest absolute Gasteiger partial charge is 0.279 e. The van der Waals surface area contributed by atoms with Gasteiger partial charge in [-0.2, -0.15) is 0 Å². The van der Waals surface area contributed by atoms with E-state index < -0.39 is 0 Å². The quantitative estimate of drug-likeness (QED) is 0.776. The van der Waals surface area contributed by atoms with Crippen molar-refractivity contribution in [3.05, 3.63) is 48.4 Å². The number of fused-ring (bicyclic) bond motifs is 1. The number of nitrogens with two attached hydrogens (primary N) is 1. The third kappa shape index (κ3) is 1.84. The lowest BCUT2D eigenvalue weighted by Gasteiger charge is -2.06. The number of benzene rings is 1. The van der Waals surface area contributed by atoms with Gasteiger partial charge in [-0.25, -0.2) is 0 Å². The van der Waals surface area contributed by atoms with Crippen LogP contribution in [-0.4, -0.2) is 22.2 Å². The number of hydrogen-bond donors (Lipinski definition) is 1. The molecule has 0 saturated carbocycles. The Morgan fingerprint density at radius 1 is 1.25 bits per heavy atom. The van der Waals surface area contributed by atoms with Crippen molar-refractivity contribution >= 4 is 22.5 Å². The molecular formula is C15H15N3O2. The lowest BCUT2D eigenvalue weighted by Crippen LogP contribution is -2.14. The van der Waals surface area contributed by atoms with E-state index in [1.54, 1.807) is 41.8 Å². The Morgan fingerprint density at radius 3 is 2.70 bits per heavy atom. The monoisotopic (exact) mass is 269 g/mol. The Kier molecular flexibility index (Phi) is 2.75. The summed E-state index contributed by atoms with van der Waals surface area (Å²) in [6.07, 6.45) is 3.48. The number of anilines is 1. The molecule has 3 rings (SSSR count). The summed E-state index contributed by atoms with van der Waals surface area (Å²) < 4.78 is 8.53. The maximum atomic E-state index is 12.6. The molecule has 0 saturated heterocycles. The minimum absolute atomic E-state index is 0.107. The van der Waals surface area contributed by atoms with E-state index in [0.717, 1.165) is 16.7 Å². The number of carbonyl (C=O) groups excluding carboxylic acids is 1. The number of nitrogens with zero attached hydrogens (tertiary/aromatic N) is 2. The Hall–Kier alpha value is -2.69. The summed E-state index contributed by atoms with van der Waals surface area (Å²) in [6, 6.07) is 9.18. The van der Waals surface area contributed by atoms with Crippen molar-refractivity contribution in [2.24, 2.45) is 7.05 Å². The molecular weight excluding hydrogens is 254 g/mol. The zero-order valence-corrected chi connectivity index (χ0v) is 11.3. The highest BCUT2D eigenvalue weighted by Gasteiger charge is 2.15. The standard InChI is InChI=1S/C15H15N3O2/c1-17-9-11(16)8-14(17)15(19)18-6-5-10-7-12(20-2)3-4-13(10)18/h3-9H,16H2,1-2H3. The van der Waals surface area contributed by atoms with Crippen LogP contribution >= 0.6 is 0 Å². The Balaban J connectivity index is 2.10. The molecule has 2 heterocycles. The van der Waals surface area contributed by atoms with E-state index in [1.165, 1.54) is 0 Å². The summed E-state index contributed by atoms with van der Waals surface area (Å²) in [6.45, 7) is 0. The van der Waals surface area contributed by atoms with Gasteiger partial charge in [0, 0.05) is 24.8 Å². The molecule has 0 bridgehead atoms. The minimum Gasteiger partial charge on any atom is -0.497 e. The molecule has 0 aliphatic carbocycles. The van der Waals surface area contributed by atoms with Gasteiger partial charge >= 0.3 is 0 Å². The number of aromatic nitrogens is 2. The van der Waals surface area contributed by atoms with Gasteiger partial charge in [-0.15, -0.1) is 0 Å². The summed E-state index contributed by atoms with van der Waals surface area (Å²) >= 11 is 0. The molecule has 0 spiro atoms. The van der Waals surface area contributed by atoms with Gasteiger partial charge in [-0.3, -0.25) is 9.36 Å². The van der Waals surface area contributed by atoms with Crippen molar-refractivity contribution in [2.45, 2.75) is 0 Å². The number of ether oxygens (including phenoxy) is 1. The molecule has 0 atom stereocenters. The molecule has 0 fully saturated rings. The van der Waals surface area contributed by atoms with Crippen molar-refractivity contribution in [3.8, 4) is 5.75 Å². The molecule has 20 heavy (non-hydrogen) atoms. The fraction of sp³-hybridized carbons (Fsp3) is 0.133. The lowest BCUT2D eigenvalue weighted by molar-refractivity contribution is 0.0957. The fourth-order valence-corrected chi connectivity index (χ4v) is 2.35. The third-order valence-electron chi connectivity index (χ3n) is 3.36. The number of nitrogen functional groups attached to an aromatic ring is 1. The van der Waals surface area contributed by atoms with Crippen LogP contribution in [-0.2, 0) is 7.05 Å². The third-order valence-corrected chi connectivity index (χ3v) is 3.36. The molecule has 5 heteroatoms.